The van der Waals surface area contributed by atoms with Gasteiger partial charge >= 0.3 is 5.97 Å². The second kappa shape index (κ2) is 8.64. The molecule has 27 heavy (non-hydrogen) atoms. The molecule has 0 spiro atoms. The first-order valence-corrected chi connectivity index (χ1v) is 8.94. The summed E-state index contributed by atoms with van der Waals surface area (Å²) < 4.78 is 4.90. The van der Waals surface area contributed by atoms with Crippen LogP contribution >= 0.6 is 11.6 Å². The molecule has 1 heterocycles. The zero-order valence-corrected chi connectivity index (χ0v) is 15.9. The molecule has 1 aliphatic rings. The molecule has 0 aliphatic carbocycles. The molecule has 1 aliphatic heterocycles. The third-order valence-corrected chi connectivity index (χ3v) is 4.94. The summed E-state index contributed by atoms with van der Waals surface area (Å²) in [5, 5.41) is 23.8. The van der Waals surface area contributed by atoms with E-state index in [9.17, 15) is 24.8 Å². The van der Waals surface area contributed by atoms with E-state index < -0.39 is 22.5 Å². The number of anilines is 1. The Bertz CT molecular complexity index is 733. The van der Waals surface area contributed by atoms with Crippen molar-refractivity contribution in [2.75, 3.05) is 25.0 Å². The number of nitrogens with one attached hydrogen (secondary N) is 1. The highest BCUT2D eigenvalue weighted by atomic mass is 35.5. The van der Waals surface area contributed by atoms with Crippen LogP contribution in [0.3, 0.4) is 0 Å². The van der Waals surface area contributed by atoms with Crippen LogP contribution in [0.1, 0.15) is 26.7 Å². The van der Waals surface area contributed by atoms with E-state index in [1.165, 1.54) is 18.2 Å². The van der Waals surface area contributed by atoms with Gasteiger partial charge in [0.15, 0.2) is 5.60 Å². The molecule has 0 unspecified atom stereocenters. The van der Waals surface area contributed by atoms with Crippen molar-refractivity contribution in [3.63, 3.8) is 0 Å². The number of likely N-dealkylation sites (tertiary alicyclic amines) is 1. The van der Waals surface area contributed by atoms with Crippen LogP contribution in [0.4, 0.5) is 11.4 Å². The first kappa shape index (κ1) is 21.1. The molecule has 0 bridgehead atoms. The Balaban J connectivity index is 1.97. The lowest BCUT2D eigenvalue weighted by molar-refractivity contribution is -0.384. The van der Waals surface area contributed by atoms with Crippen molar-refractivity contribution in [3.8, 4) is 0 Å². The predicted octanol–water partition coefficient (Wildman–Crippen LogP) is 1.97. The number of hydrogen-bond donors (Lipinski definition) is 2. The maximum atomic E-state index is 12.5. The molecule has 1 saturated heterocycles. The third kappa shape index (κ3) is 4.94. The highest BCUT2D eigenvalue weighted by Crippen LogP contribution is 2.28. The van der Waals surface area contributed by atoms with Gasteiger partial charge < -0.3 is 15.2 Å². The van der Waals surface area contributed by atoms with Gasteiger partial charge in [-0.05, 0) is 32.8 Å². The number of halogens is 1. The van der Waals surface area contributed by atoms with Gasteiger partial charge in [-0.1, -0.05) is 11.6 Å². The average Bonchev–Trinajstić information content (AvgIpc) is 2.63. The van der Waals surface area contributed by atoms with Gasteiger partial charge in [0.1, 0.15) is 0 Å². The predicted molar refractivity (Wildman–Crippen MR) is 98.6 cm³/mol. The number of carbonyl (C=O) groups excluding carboxylic acids is 2. The van der Waals surface area contributed by atoms with E-state index >= 15 is 0 Å². The summed E-state index contributed by atoms with van der Waals surface area (Å²) in [6, 6.07) is 3.26. The molecule has 0 saturated carbocycles. The average molecular weight is 400 g/mol. The molecule has 1 aromatic carbocycles. The quantitative estimate of drug-likeness (QED) is 0.426. The molecule has 0 radical (unpaired) electrons. The number of ether oxygens (including phenoxy) is 1. The van der Waals surface area contributed by atoms with E-state index in [4.69, 9.17) is 16.3 Å². The summed E-state index contributed by atoms with van der Waals surface area (Å²) in [5.74, 6) is -0.980. The number of nitrogens with zero attached hydrogens (tertiary/aromatic N) is 2. The molecule has 148 valence electrons. The van der Waals surface area contributed by atoms with Crippen molar-refractivity contribution in [2.45, 2.75) is 38.3 Å². The number of carbonyl (C=O) groups is 2. The van der Waals surface area contributed by atoms with E-state index in [0.717, 1.165) is 0 Å². The van der Waals surface area contributed by atoms with Crippen molar-refractivity contribution < 1.29 is 24.4 Å². The van der Waals surface area contributed by atoms with Gasteiger partial charge in [0.2, 0.25) is 5.91 Å². The van der Waals surface area contributed by atoms with Crippen molar-refractivity contribution in [2.24, 2.45) is 0 Å². The fourth-order valence-corrected chi connectivity index (χ4v) is 3.09. The van der Waals surface area contributed by atoms with Crippen molar-refractivity contribution in [1.82, 2.24) is 4.90 Å². The Morgan fingerprint density at radius 1 is 1.44 bits per heavy atom. The Morgan fingerprint density at radius 3 is 2.59 bits per heavy atom. The Morgan fingerprint density at radius 2 is 2.07 bits per heavy atom. The van der Waals surface area contributed by atoms with Gasteiger partial charge in [-0.25, -0.2) is 4.79 Å². The molecule has 0 aromatic heterocycles. The minimum atomic E-state index is -1.52. The van der Waals surface area contributed by atoms with E-state index in [1.807, 2.05) is 4.90 Å². The number of piperidine rings is 1. The molecule has 10 heteroatoms. The van der Waals surface area contributed by atoms with Gasteiger partial charge in [-0.15, -0.1) is 0 Å². The standard InChI is InChI=1S/C17H22ClN3O6/c1-3-27-16(23)17(24)6-8-20(9-7-17)11(2)15(22)19-14-5-4-12(21(25)26)10-13(14)18/h4-5,10-11,24H,3,6-9H2,1-2H3,(H,19,22)/t11-/m1/s1. The third-order valence-electron chi connectivity index (χ3n) is 4.63. The Hall–Kier alpha value is -2.23. The lowest BCUT2D eigenvalue weighted by Gasteiger charge is -2.38. The maximum Gasteiger partial charge on any atom is 0.338 e. The molecule has 9 nitrogen and oxygen atoms in total. The van der Waals surface area contributed by atoms with Crippen LogP contribution in [0.25, 0.3) is 0 Å². The first-order valence-electron chi connectivity index (χ1n) is 8.56. The van der Waals surface area contributed by atoms with Gasteiger partial charge in [-0.3, -0.25) is 19.8 Å². The highest BCUT2D eigenvalue weighted by molar-refractivity contribution is 6.34. The fourth-order valence-electron chi connectivity index (χ4n) is 2.87. The van der Waals surface area contributed by atoms with Crippen LogP contribution in [-0.4, -0.2) is 58.1 Å². The number of amides is 1. The van der Waals surface area contributed by atoms with Gasteiger partial charge in [0.05, 0.1) is 28.3 Å². The zero-order valence-electron chi connectivity index (χ0n) is 15.1. The summed E-state index contributed by atoms with van der Waals surface area (Å²) in [5.41, 5.74) is -1.41. The van der Waals surface area contributed by atoms with Crippen molar-refractivity contribution >= 4 is 34.9 Å². The number of nitro benzene ring substituents is 1. The minimum absolute atomic E-state index is 0.0695. The molecule has 2 rings (SSSR count). The second-order valence-corrected chi connectivity index (χ2v) is 6.78. The van der Waals surface area contributed by atoms with Crippen LogP contribution in [0, 0.1) is 10.1 Å². The molecular formula is C17H22ClN3O6. The van der Waals surface area contributed by atoms with E-state index in [1.54, 1.807) is 13.8 Å². The fraction of sp³-hybridized carbons (Fsp3) is 0.529. The summed E-state index contributed by atoms with van der Waals surface area (Å²) in [7, 11) is 0. The summed E-state index contributed by atoms with van der Waals surface area (Å²) in [6.45, 7) is 4.25. The molecule has 2 N–H and O–H groups in total. The van der Waals surface area contributed by atoms with Gasteiger partial charge in [0, 0.05) is 25.2 Å². The van der Waals surface area contributed by atoms with Crippen LogP contribution in [0.2, 0.25) is 5.02 Å². The molecule has 1 atom stereocenters. The van der Waals surface area contributed by atoms with Crippen LogP contribution in [0.5, 0.6) is 0 Å². The number of rotatable bonds is 6. The molecule has 1 aromatic rings. The molecule has 1 amide bonds. The van der Waals surface area contributed by atoms with Crippen LogP contribution in [0.15, 0.2) is 18.2 Å². The maximum absolute atomic E-state index is 12.5. The van der Waals surface area contributed by atoms with Gasteiger partial charge in [-0.2, -0.15) is 0 Å². The number of aliphatic hydroxyl groups is 1. The lowest BCUT2D eigenvalue weighted by atomic mass is 9.91. The summed E-state index contributed by atoms with van der Waals surface area (Å²) >= 11 is 5.99. The van der Waals surface area contributed by atoms with E-state index in [-0.39, 0.29) is 41.8 Å². The summed E-state index contributed by atoms with van der Waals surface area (Å²) in [6.07, 6.45) is 0.337. The molecular weight excluding hydrogens is 378 g/mol. The van der Waals surface area contributed by atoms with Crippen LogP contribution < -0.4 is 5.32 Å². The normalized spacial score (nSPS) is 17.8. The SMILES string of the molecule is CCOC(=O)C1(O)CCN([C@H](C)C(=O)Nc2ccc([N+](=O)[O-])cc2Cl)CC1. The number of hydrogen-bond acceptors (Lipinski definition) is 7. The molecule has 1 fully saturated rings. The van der Waals surface area contributed by atoms with E-state index in [2.05, 4.69) is 5.32 Å². The van der Waals surface area contributed by atoms with Gasteiger partial charge in [0.25, 0.3) is 5.69 Å². The van der Waals surface area contributed by atoms with E-state index in [0.29, 0.717) is 13.1 Å². The minimum Gasteiger partial charge on any atom is -0.464 e. The topological polar surface area (TPSA) is 122 Å². The second-order valence-electron chi connectivity index (χ2n) is 6.37. The highest BCUT2D eigenvalue weighted by Gasteiger charge is 2.42. The number of non-ortho nitro benzene ring substituents is 1. The largest absolute Gasteiger partial charge is 0.464 e. The van der Waals surface area contributed by atoms with Crippen LogP contribution in [-0.2, 0) is 14.3 Å². The first-order chi connectivity index (χ1) is 12.7. The number of esters is 1. The number of benzene rings is 1. The Kier molecular flexibility index (Phi) is 6.74. The van der Waals surface area contributed by atoms with Crippen molar-refractivity contribution in [1.29, 1.82) is 0 Å². The Labute approximate surface area is 161 Å². The van der Waals surface area contributed by atoms with Crippen molar-refractivity contribution in [3.05, 3.63) is 33.3 Å². The lowest BCUT2D eigenvalue weighted by Crippen LogP contribution is -2.54. The summed E-state index contributed by atoms with van der Waals surface area (Å²) in [4.78, 5) is 36.3. The smallest absolute Gasteiger partial charge is 0.338 e. The zero-order chi connectivity index (χ0) is 20.2. The number of nitro groups is 1. The monoisotopic (exact) mass is 399 g/mol.